The molecule has 1 atom stereocenters. The van der Waals surface area contributed by atoms with E-state index in [0.29, 0.717) is 13.1 Å². The van der Waals surface area contributed by atoms with Crippen LogP contribution < -0.4 is 10.5 Å². The van der Waals surface area contributed by atoms with Gasteiger partial charge < -0.3 is 10.6 Å². The van der Waals surface area contributed by atoms with Gasteiger partial charge in [-0.3, -0.25) is 0 Å². The minimum absolute atomic E-state index is 0.0809. The molecule has 0 saturated heterocycles. The molecule has 19 heavy (non-hydrogen) atoms. The van der Waals surface area contributed by atoms with Gasteiger partial charge in [0, 0.05) is 19.1 Å². The summed E-state index contributed by atoms with van der Waals surface area (Å²) in [5.41, 5.74) is 6.28. The molecule has 5 nitrogen and oxygen atoms in total. The zero-order chi connectivity index (χ0) is 14.6. The lowest BCUT2D eigenvalue weighted by molar-refractivity contribution is 0.314. The zero-order valence-corrected chi connectivity index (χ0v) is 12.9. The summed E-state index contributed by atoms with van der Waals surface area (Å²) in [6.45, 7) is 2.58. The highest BCUT2D eigenvalue weighted by atomic mass is 35.5. The van der Waals surface area contributed by atoms with E-state index in [1.165, 1.54) is 6.07 Å². The third-order valence-corrected chi connectivity index (χ3v) is 4.88. The summed E-state index contributed by atoms with van der Waals surface area (Å²) in [4.78, 5) is 2.01. The van der Waals surface area contributed by atoms with E-state index in [4.69, 9.17) is 17.3 Å². The molecule has 108 valence electrons. The maximum atomic E-state index is 12.1. The largest absolute Gasteiger partial charge is 0.326 e. The summed E-state index contributed by atoms with van der Waals surface area (Å²) >= 11 is 5.99. The third-order valence-electron chi connectivity index (χ3n) is 2.97. The van der Waals surface area contributed by atoms with Crippen molar-refractivity contribution < 1.29 is 8.42 Å². The van der Waals surface area contributed by atoms with Crippen molar-refractivity contribution >= 4 is 21.6 Å². The van der Waals surface area contributed by atoms with Crippen molar-refractivity contribution in [3.8, 4) is 0 Å². The smallest absolute Gasteiger partial charge is 0.242 e. The molecular weight excluding hydrogens is 286 g/mol. The second-order valence-electron chi connectivity index (χ2n) is 4.63. The Balaban J connectivity index is 2.89. The molecule has 0 aliphatic rings. The Morgan fingerprint density at radius 2 is 2.05 bits per heavy atom. The topological polar surface area (TPSA) is 75.4 Å². The summed E-state index contributed by atoms with van der Waals surface area (Å²) in [5, 5.41) is 0.188. The molecule has 0 heterocycles. The molecular formula is C12H20ClN3O2S. The standard InChI is InChI=1S/C12H20ClN3O2S/c1-9(16(2)3)8-15-19(17,18)12-5-4-10(7-14)6-11(12)13/h4-6,9,15H,7-8,14H2,1-3H3. The monoisotopic (exact) mass is 305 g/mol. The second-order valence-corrected chi connectivity index (χ2v) is 6.78. The van der Waals surface area contributed by atoms with E-state index in [2.05, 4.69) is 4.72 Å². The maximum Gasteiger partial charge on any atom is 0.242 e. The average molecular weight is 306 g/mol. The Labute approximate surface area is 119 Å². The van der Waals surface area contributed by atoms with E-state index < -0.39 is 10.0 Å². The first-order chi connectivity index (χ1) is 8.77. The second kappa shape index (κ2) is 6.67. The van der Waals surface area contributed by atoms with E-state index in [1.807, 2.05) is 25.9 Å². The number of rotatable bonds is 6. The van der Waals surface area contributed by atoms with Crippen LogP contribution in [0.2, 0.25) is 5.02 Å². The highest BCUT2D eigenvalue weighted by Crippen LogP contribution is 2.22. The molecule has 0 aromatic heterocycles. The predicted octanol–water partition coefficient (Wildman–Crippen LogP) is 1.03. The number of nitrogens with zero attached hydrogens (tertiary/aromatic N) is 1. The number of hydrogen-bond donors (Lipinski definition) is 2. The van der Waals surface area contributed by atoms with Crippen LogP contribution >= 0.6 is 11.6 Å². The molecule has 7 heteroatoms. The lowest BCUT2D eigenvalue weighted by Gasteiger charge is -2.20. The van der Waals surface area contributed by atoms with E-state index in [9.17, 15) is 8.42 Å². The van der Waals surface area contributed by atoms with Crippen molar-refractivity contribution in [2.24, 2.45) is 5.73 Å². The van der Waals surface area contributed by atoms with Crippen LogP contribution in [0, 0.1) is 0 Å². The summed E-state index contributed by atoms with van der Waals surface area (Å²) in [6.07, 6.45) is 0. The lowest BCUT2D eigenvalue weighted by atomic mass is 10.2. The summed E-state index contributed by atoms with van der Waals surface area (Å²) in [6, 6.07) is 4.81. The Kier molecular flexibility index (Phi) is 5.76. The van der Waals surface area contributed by atoms with Gasteiger partial charge in [0.05, 0.1) is 5.02 Å². The molecule has 1 rings (SSSR count). The van der Waals surface area contributed by atoms with Gasteiger partial charge in [0.2, 0.25) is 10.0 Å². The van der Waals surface area contributed by atoms with Crippen molar-refractivity contribution in [1.82, 2.24) is 9.62 Å². The molecule has 0 aliphatic heterocycles. The van der Waals surface area contributed by atoms with E-state index >= 15 is 0 Å². The Bertz CT molecular complexity index is 532. The van der Waals surface area contributed by atoms with Crippen molar-refractivity contribution in [3.05, 3.63) is 28.8 Å². The minimum atomic E-state index is -3.59. The molecule has 3 N–H and O–H groups in total. The first kappa shape index (κ1) is 16.4. The van der Waals surface area contributed by atoms with Gasteiger partial charge in [-0.2, -0.15) is 0 Å². The first-order valence-corrected chi connectivity index (χ1v) is 7.78. The van der Waals surface area contributed by atoms with Crippen LogP contribution in [0.4, 0.5) is 0 Å². The maximum absolute atomic E-state index is 12.1. The van der Waals surface area contributed by atoms with Gasteiger partial charge in [0.25, 0.3) is 0 Å². The van der Waals surface area contributed by atoms with E-state index in [0.717, 1.165) is 5.56 Å². The van der Waals surface area contributed by atoms with Crippen LogP contribution in [0.25, 0.3) is 0 Å². The predicted molar refractivity (Wildman–Crippen MR) is 77.7 cm³/mol. The fraction of sp³-hybridized carbons (Fsp3) is 0.500. The Morgan fingerprint density at radius 3 is 2.53 bits per heavy atom. The number of nitrogens with two attached hydrogens (primary N) is 1. The third kappa shape index (κ3) is 4.43. The zero-order valence-electron chi connectivity index (χ0n) is 11.4. The summed E-state index contributed by atoms with van der Waals surface area (Å²) in [5.74, 6) is 0. The number of nitrogens with one attached hydrogen (secondary N) is 1. The van der Waals surface area contributed by atoms with Crippen LogP contribution in [-0.2, 0) is 16.6 Å². The SMILES string of the molecule is CC(CNS(=O)(=O)c1ccc(CN)cc1Cl)N(C)C. The molecule has 0 bridgehead atoms. The quantitative estimate of drug-likeness (QED) is 0.823. The normalized spacial score (nSPS) is 13.8. The van der Waals surface area contributed by atoms with Crippen LogP contribution in [0.5, 0.6) is 0 Å². The number of halogens is 1. The molecule has 1 aromatic carbocycles. The lowest BCUT2D eigenvalue weighted by Crippen LogP contribution is -2.38. The van der Waals surface area contributed by atoms with Crippen molar-refractivity contribution in [1.29, 1.82) is 0 Å². The molecule has 0 saturated carbocycles. The molecule has 0 radical (unpaired) electrons. The number of hydrogen-bond acceptors (Lipinski definition) is 4. The van der Waals surface area contributed by atoms with Gasteiger partial charge in [-0.25, -0.2) is 13.1 Å². The fourth-order valence-electron chi connectivity index (χ4n) is 1.38. The molecule has 0 fully saturated rings. The van der Waals surface area contributed by atoms with Gasteiger partial charge in [-0.1, -0.05) is 17.7 Å². The number of likely N-dealkylation sites (N-methyl/N-ethyl adjacent to an activating group) is 1. The Morgan fingerprint density at radius 1 is 1.42 bits per heavy atom. The first-order valence-electron chi connectivity index (χ1n) is 5.92. The van der Waals surface area contributed by atoms with Crippen LogP contribution in [0.1, 0.15) is 12.5 Å². The number of sulfonamides is 1. The van der Waals surface area contributed by atoms with Crippen molar-refractivity contribution in [2.75, 3.05) is 20.6 Å². The number of benzene rings is 1. The van der Waals surface area contributed by atoms with Crippen LogP contribution in [0.3, 0.4) is 0 Å². The molecule has 0 aliphatic carbocycles. The van der Waals surface area contributed by atoms with Crippen LogP contribution in [-0.4, -0.2) is 40.0 Å². The van der Waals surface area contributed by atoms with Gasteiger partial charge >= 0.3 is 0 Å². The highest BCUT2D eigenvalue weighted by Gasteiger charge is 2.19. The average Bonchev–Trinajstić information content (AvgIpc) is 2.35. The van der Waals surface area contributed by atoms with Gasteiger partial charge in [0.15, 0.2) is 0 Å². The van der Waals surface area contributed by atoms with E-state index in [-0.39, 0.29) is 16.0 Å². The van der Waals surface area contributed by atoms with Crippen molar-refractivity contribution in [2.45, 2.75) is 24.4 Å². The molecule has 0 amide bonds. The molecule has 1 unspecified atom stereocenters. The van der Waals surface area contributed by atoms with Gasteiger partial charge in [0.1, 0.15) is 4.90 Å². The fourth-order valence-corrected chi connectivity index (χ4v) is 3.07. The van der Waals surface area contributed by atoms with Crippen LogP contribution in [0.15, 0.2) is 23.1 Å². The molecule has 1 aromatic rings. The summed E-state index contributed by atoms with van der Waals surface area (Å²) in [7, 11) is 0.188. The van der Waals surface area contributed by atoms with Crippen molar-refractivity contribution in [3.63, 3.8) is 0 Å². The highest BCUT2D eigenvalue weighted by molar-refractivity contribution is 7.89. The summed E-state index contributed by atoms with van der Waals surface area (Å²) < 4.78 is 26.8. The minimum Gasteiger partial charge on any atom is -0.326 e. The van der Waals surface area contributed by atoms with Gasteiger partial charge in [-0.05, 0) is 38.7 Å². The molecule has 0 spiro atoms. The van der Waals surface area contributed by atoms with E-state index in [1.54, 1.807) is 12.1 Å². The van der Waals surface area contributed by atoms with Gasteiger partial charge in [-0.15, -0.1) is 0 Å². The Hall–Kier alpha value is -0.660.